The molecule has 0 aromatic carbocycles. The Morgan fingerprint density at radius 1 is 1.44 bits per heavy atom. The second-order valence-electron chi connectivity index (χ2n) is 3.55. The third-order valence-corrected chi connectivity index (χ3v) is 3.32. The van der Waals surface area contributed by atoms with E-state index in [1.165, 1.54) is 4.88 Å². The molecule has 16 heavy (non-hydrogen) atoms. The number of rotatable bonds is 4. The molecule has 2 heterocycles. The molecule has 0 saturated carbocycles. The van der Waals surface area contributed by atoms with Gasteiger partial charge in [-0.05, 0) is 31.2 Å². The zero-order valence-electron chi connectivity index (χ0n) is 9.09. The van der Waals surface area contributed by atoms with Gasteiger partial charge in [0.2, 0.25) is 0 Å². The summed E-state index contributed by atoms with van der Waals surface area (Å²) in [6.07, 6.45) is 3.40. The van der Waals surface area contributed by atoms with E-state index in [9.17, 15) is 0 Å². The van der Waals surface area contributed by atoms with Crippen LogP contribution in [0.4, 0.5) is 0 Å². The van der Waals surface area contributed by atoms with Crippen molar-refractivity contribution in [1.29, 1.82) is 0 Å². The Hall–Kier alpha value is -1.39. The van der Waals surface area contributed by atoms with E-state index in [-0.39, 0.29) is 6.04 Å². The van der Waals surface area contributed by atoms with E-state index in [1.54, 1.807) is 23.7 Å². The number of nitrogens with two attached hydrogens (primary N) is 1. The first-order chi connectivity index (χ1) is 7.75. The fourth-order valence-corrected chi connectivity index (χ4v) is 2.22. The topological polar surface area (TPSA) is 48.1 Å². The second kappa shape index (κ2) is 5.09. The van der Waals surface area contributed by atoms with Gasteiger partial charge in [-0.3, -0.25) is 4.98 Å². The molecule has 0 bridgehead atoms. The van der Waals surface area contributed by atoms with Crippen molar-refractivity contribution in [2.45, 2.75) is 13.0 Å². The summed E-state index contributed by atoms with van der Waals surface area (Å²) in [5.41, 5.74) is 6.02. The molecule has 2 rings (SSSR count). The summed E-state index contributed by atoms with van der Waals surface area (Å²) >= 11 is 1.71. The van der Waals surface area contributed by atoms with Crippen molar-refractivity contribution in [1.82, 2.24) is 4.98 Å². The van der Waals surface area contributed by atoms with Gasteiger partial charge < -0.3 is 10.5 Å². The summed E-state index contributed by atoms with van der Waals surface area (Å²) in [5, 5.41) is 0. The average Bonchev–Trinajstić information content (AvgIpc) is 2.74. The highest BCUT2D eigenvalue weighted by Crippen LogP contribution is 2.21. The highest BCUT2D eigenvalue weighted by atomic mass is 32.1. The maximum atomic E-state index is 6.02. The summed E-state index contributed by atoms with van der Waals surface area (Å²) in [4.78, 5) is 6.40. The van der Waals surface area contributed by atoms with E-state index in [4.69, 9.17) is 10.5 Å². The van der Waals surface area contributed by atoms with E-state index in [1.807, 2.05) is 12.1 Å². The molecule has 0 aliphatic heterocycles. The molecule has 2 aromatic heterocycles. The zero-order chi connectivity index (χ0) is 11.4. The molecule has 3 nitrogen and oxygen atoms in total. The van der Waals surface area contributed by atoms with Crippen molar-refractivity contribution in [3.8, 4) is 5.75 Å². The quantitative estimate of drug-likeness (QED) is 0.884. The lowest BCUT2D eigenvalue weighted by Crippen LogP contribution is -2.17. The first-order valence-corrected chi connectivity index (χ1v) is 5.92. The van der Waals surface area contributed by atoms with Crippen LogP contribution in [0.15, 0.2) is 36.7 Å². The SMILES string of the molecule is Cc1ccc(C(N)COc2cccnc2)s1. The largest absolute Gasteiger partial charge is 0.490 e. The normalized spacial score (nSPS) is 12.4. The van der Waals surface area contributed by atoms with Crippen LogP contribution < -0.4 is 10.5 Å². The number of aryl methyl sites for hydroxylation is 1. The Labute approximate surface area is 98.9 Å². The van der Waals surface area contributed by atoms with Gasteiger partial charge in [-0.15, -0.1) is 11.3 Å². The van der Waals surface area contributed by atoms with Crippen LogP contribution in [0.5, 0.6) is 5.75 Å². The highest BCUT2D eigenvalue weighted by molar-refractivity contribution is 7.12. The Kier molecular flexibility index (Phi) is 3.54. The number of nitrogens with zero attached hydrogens (tertiary/aromatic N) is 1. The molecule has 1 unspecified atom stereocenters. The van der Waals surface area contributed by atoms with Crippen molar-refractivity contribution < 1.29 is 4.74 Å². The van der Waals surface area contributed by atoms with Gasteiger partial charge in [0, 0.05) is 16.0 Å². The lowest BCUT2D eigenvalue weighted by molar-refractivity contribution is 0.291. The van der Waals surface area contributed by atoms with Crippen LogP contribution in [0, 0.1) is 6.92 Å². The molecule has 0 aliphatic carbocycles. The molecule has 0 amide bonds. The van der Waals surface area contributed by atoms with E-state index in [2.05, 4.69) is 24.0 Å². The molecular formula is C12H14N2OS. The lowest BCUT2D eigenvalue weighted by atomic mass is 10.3. The minimum Gasteiger partial charge on any atom is -0.490 e. The molecule has 0 fully saturated rings. The van der Waals surface area contributed by atoms with Crippen LogP contribution in [-0.4, -0.2) is 11.6 Å². The molecule has 0 radical (unpaired) electrons. The number of ether oxygens (including phenoxy) is 1. The number of pyridine rings is 1. The van der Waals surface area contributed by atoms with Crippen LogP contribution in [0.3, 0.4) is 0 Å². The molecule has 84 valence electrons. The second-order valence-corrected chi connectivity index (χ2v) is 4.87. The van der Waals surface area contributed by atoms with Gasteiger partial charge in [-0.2, -0.15) is 0 Å². The van der Waals surface area contributed by atoms with Gasteiger partial charge in [-0.1, -0.05) is 0 Å². The summed E-state index contributed by atoms with van der Waals surface area (Å²) in [7, 11) is 0. The van der Waals surface area contributed by atoms with E-state index >= 15 is 0 Å². The zero-order valence-corrected chi connectivity index (χ0v) is 9.91. The number of thiophene rings is 1. The number of aromatic nitrogens is 1. The third-order valence-electron chi connectivity index (χ3n) is 2.19. The van der Waals surface area contributed by atoms with Crippen LogP contribution in [0.2, 0.25) is 0 Å². The van der Waals surface area contributed by atoms with E-state index in [0.717, 1.165) is 10.6 Å². The smallest absolute Gasteiger partial charge is 0.137 e. The third kappa shape index (κ3) is 2.81. The standard InChI is InChI=1S/C12H14N2OS/c1-9-4-5-12(16-9)11(13)8-15-10-3-2-6-14-7-10/h2-7,11H,8,13H2,1H3. The van der Waals surface area contributed by atoms with Crippen LogP contribution in [-0.2, 0) is 0 Å². The molecule has 1 atom stereocenters. The first kappa shape index (κ1) is 11.1. The van der Waals surface area contributed by atoms with E-state index < -0.39 is 0 Å². The van der Waals surface area contributed by atoms with E-state index in [0.29, 0.717) is 6.61 Å². The Morgan fingerprint density at radius 2 is 2.31 bits per heavy atom. The predicted molar refractivity (Wildman–Crippen MR) is 65.7 cm³/mol. The maximum absolute atomic E-state index is 6.02. The fraction of sp³-hybridized carbons (Fsp3) is 0.250. The Balaban J connectivity index is 1.91. The van der Waals surface area contributed by atoms with Crippen molar-refractivity contribution in [3.05, 3.63) is 46.4 Å². The van der Waals surface area contributed by atoms with Gasteiger partial charge in [-0.25, -0.2) is 0 Å². The lowest BCUT2D eigenvalue weighted by Gasteiger charge is -2.11. The first-order valence-electron chi connectivity index (χ1n) is 5.10. The molecule has 2 N–H and O–H groups in total. The van der Waals surface area contributed by atoms with Crippen LogP contribution in [0.25, 0.3) is 0 Å². The van der Waals surface area contributed by atoms with Gasteiger partial charge in [0.1, 0.15) is 12.4 Å². The van der Waals surface area contributed by atoms with Crippen molar-refractivity contribution in [2.24, 2.45) is 5.73 Å². The van der Waals surface area contributed by atoms with Crippen LogP contribution in [0.1, 0.15) is 15.8 Å². The van der Waals surface area contributed by atoms with Gasteiger partial charge in [0.05, 0.1) is 12.2 Å². The molecule has 4 heteroatoms. The molecular weight excluding hydrogens is 220 g/mol. The summed E-state index contributed by atoms with van der Waals surface area (Å²) in [5.74, 6) is 0.756. The summed E-state index contributed by atoms with van der Waals surface area (Å²) < 4.78 is 5.55. The number of hydrogen-bond donors (Lipinski definition) is 1. The summed E-state index contributed by atoms with van der Waals surface area (Å²) in [6.45, 7) is 2.55. The van der Waals surface area contributed by atoms with Gasteiger partial charge >= 0.3 is 0 Å². The Morgan fingerprint density at radius 3 is 2.94 bits per heavy atom. The average molecular weight is 234 g/mol. The van der Waals surface area contributed by atoms with Gasteiger partial charge in [0.25, 0.3) is 0 Å². The van der Waals surface area contributed by atoms with Gasteiger partial charge in [0.15, 0.2) is 0 Å². The highest BCUT2D eigenvalue weighted by Gasteiger charge is 2.08. The van der Waals surface area contributed by atoms with Crippen molar-refractivity contribution >= 4 is 11.3 Å². The minimum atomic E-state index is -0.0705. The molecule has 2 aromatic rings. The maximum Gasteiger partial charge on any atom is 0.137 e. The molecule has 0 aliphatic rings. The summed E-state index contributed by atoms with van der Waals surface area (Å²) in [6, 6.07) is 7.77. The van der Waals surface area contributed by atoms with Crippen molar-refractivity contribution in [2.75, 3.05) is 6.61 Å². The molecule has 0 spiro atoms. The molecule has 0 saturated heterocycles. The monoisotopic (exact) mass is 234 g/mol. The van der Waals surface area contributed by atoms with Crippen LogP contribution >= 0.6 is 11.3 Å². The minimum absolute atomic E-state index is 0.0705. The fourth-order valence-electron chi connectivity index (χ4n) is 1.35. The number of hydrogen-bond acceptors (Lipinski definition) is 4. The van der Waals surface area contributed by atoms with Crippen molar-refractivity contribution in [3.63, 3.8) is 0 Å². The Bertz CT molecular complexity index is 441. The predicted octanol–water partition coefficient (Wildman–Crippen LogP) is 2.53.